The molecule has 1 saturated heterocycles. The van der Waals surface area contributed by atoms with E-state index in [2.05, 4.69) is 6.92 Å². The van der Waals surface area contributed by atoms with Gasteiger partial charge in [0, 0.05) is 24.8 Å². The molecule has 42 heavy (non-hydrogen) atoms. The van der Waals surface area contributed by atoms with E-state index < -0.39 is 18.3 Å². The fraction of sp³-hybridized carbons (Fsp3) is 0.886. The molecule has 0 amide bonds. The van der Waals surface area contributed by atoms with Crippen LogP contribution >= 0.6 is 0 Å². The quantitative estimate of drug-likeness (QED) is 0.0713. The van der Waals surface area contributed by atoms with Crippen molar-refractivity contribution in [3.05, 3.63) is 11.6 Å². The summed E-state index contributed by atoms with van der Waals surface area (Å²) in [6.45, 7) is 4.06. The van der Waals surface area contributed by atoms with Crippen LogP contribution in [0.1, 0.15) is 162 Å². The van der Waals surface area contributed by atoms with Crippen molar-refractivity contribution in [3.63, 3.8) is 0 Å². The maximum Gasteiger partial charge on any atom is 0.334 e. The van der Waals surface area contributed by atoms with Gasteiger partial charge in [0.15, 0.2) is 0 Å². The minimum atomic E-state index is -0.580. The smallest absolute Gasteiger partial charge is 0.334 e. The van der Waals surface area contributed by atoms with Crippen molar-refractivity contribution in [1.29, 1.82) is 0 Å². The summed E-state index contributed by atoms with van der Waals surface area (Å²) in [5, 5.41) is 31.3. The molecule has 244 valence electrons. The first kappa shape index (κ1) is 36.9. The predicted octanol–water partition coefficient (Wildman–Crippen LogP) is 7.27. The number of aliphatic hydroxyl groups is 3. The van der Waals surface area contributed by atoms with Crippen molar-refractivity contribution < 1.29 is 34.4 Å². The molecule has 0 radical (unpaired) electrons. The standard InChI is InChI=1S/C35H62O7/c1-3-4-5-6-7-8-9-10-11-16-21-31(38)33-23-24-34(42-33)32(39)22-17-20-29(36)18-14-12-13-15-19-30(37)26-28-25-27(2)41-35(28)40/h25,27,30-34,37-39H,3-24,26H2,1-2H3/t27-,30+,31+,32-,33-,34+/m1/s1. The molecule has 0 spiro atoms. The lowest BCUT2D eigenvalue weighted by molar-refractivity contribution is -0.139. The molecule has 2 aliphatic rings. The molecule has 0 saturated carbocycles. The van der Waals surface area contributed by atoms with E-state index in [0.29, 0.717) is 44.1 Å². The zero-order valence-electron chi connectivity index (χ0n) is 26.8. The highest BCUT2D eigenvalue weighted by molar-refractivity contribution is 5.90. The molecule has 2 heterocycles. The predicted molar refractivity (Wildman–Crippen MR) is 167 cm³/mol. The molecule has 3 N–H and O–H groups in total. The highest BCUT2D eigenvalue weighted by Gasteiger charge is 2.34. The molecule has 2 aliphatic heterocycles. The summed E-state index contributed by atoms with van der Waals surface area (Å²) >= 11 is 0. The van der Waals surface area contributed by atoms with E-state index in [9.17, 15) is 24.9 Å². The van der Waals surface area contributed by atoms with E-state index >= 15 is 0 Å². The lowest BCUT2D eigenvalue weighted by Gasteiger charge is -2.22. The van der Waals surface area contributed by atoms with Crippen LogP contribution in [0.2, 0.25) is 0 Å². The molecular formula is C35H62O7. The Bertz CT molecular complexity index is 766. The number of unbranched alkanes of at least 4 members (excludes halogenated alkanes) is 12. The van der Waals surface area contributed by atoms with Crippen LogP contribution < -0.4 is 0 Å². The molecule has 0 aromatic heterocycles. The van der Waals surface area contributed by atoms with E-state index in [1.807, 2.05) is 6.92 Å². The minimum Gasteiger partial charge on any atom is -0.455 e. The van der Waals surface area contributed by atoms with Crippen molar-refractivity contribution in [2.24, 2.45) is 0 Å². The van der Waals surface area contributed by atoms with Crippen molar-refractivity contribution in [2.75, 3.05) is 0 Å². The van der Waals surface area contributed by atoms with Gasteiger partial charge in [-0.05, 0) is 57.9 Å². The number of ketones is 1. The number of aliphatic hydroxyl groups excluding tert-OH is 3. The Morgan fingerprint density at radius 3 is 1.83 bits per heavy atom. The number of esters is 1. The Morgan fingerprint density at radius 2 is 1.26 bits per heavy atom. The Balaban J connectivity index is 1.42. The van der Waals surface area contributed by atoms with Gasteiger partial charge < -0.3 is 24.8 Å². The van der Waals surface area contributed by atoms with Gasteiger partial charge in [0.05, 0.1) is 30.5 Å². The Morgan fingerprint density at radius 1 is 0.762 bits per heavy atom. The van der Waals surface area contributed by atoms with Gasteiger partial charge >= 0.3 is 5.97 Å². The number of ether oxygens (including phenoxy) is 2. The minimum absolute atomic E-state index is 0.175. The highest BCUT2D eigenvalue weighted by Crippen LogP contribution is 2.28. The highest BCUT2D eigenvalue weighted by atomic mass is 16.5. The van der Waals surface area contributed by atoms with Crippen LogP contribution in [-0.4, -0.2) is 63.7 Å². The van der Waals surface area contributed by atoms with Crippen LogP contribution in [0.3, 0.4) is 0 Å². The summed E-state index contributed by atoms with van der Waals surface area (Å²) in [4.78, 5) is 23.9. The number of carbonyl (C=O) groups is 2. The Kier molecular flexibility index (Phi) is 19.6. The maximum absolute atomic E-state index is 12.3. The average molecular weight is 595 g/mol. The lowest BCUT2D eigenvalue weighted by atomic mass is 9.99. The van der Waals surface area contributed by atoms with Crippen molar-refractivity contribution >= 4 is 11.8 Å². The molecular weight excluding hydrogens is 532 g/mol. The fourth-order valence-corrected chi connectivity index (χ4v) is 6.29. The van der Waals surface area contributed by atoms with Gasteiger partial charge in [0.25, 0.3) is 0 Å². The first-order chi connectivity index (χ1) is 20.3. The molecule has 7 nitrogen and oxygen atoms in total. The number of Topliss-reactive ketones (excluding diaryl/α,β-unsaturated/α-hetero) is 1. The second kappa shape index (κ2) is 22.3. The first-order valence-corrected chi connectivity index (χ1v) is 17.4. The van der Waals surface area contributed by atoms with Crippen LogP contribution in [0.15, 0.2) is 11.6 Å². The summed E-state index contributed by atoms with van der Waals surface area (Å²) in [6.07, 6.45) is 21.6. The molecule has 0 aromatic carbocycles. The molecule has 0 aromatic rings. The van der Waals surface area contributed by atoms with Gasteiger partial charge in [-0.2, -0.15) is 0 Å². The molecule has 7 heteroatoms. The number of carbonyl (C=O) groups excluding carboxylic acids is 2. The SMILES string of the molecule is CCCCCCCCCCCC[C@H](O)[C@H]1CC[C@@H]([C@H](O)CCCC(=O)CCCCCC[C@H](O)CC2=C[C@@H](C)OC2=O)O1. The third-order valence-electron chi connectivity index (χ3n) is 8.94. The topological polar surface area (TPSA) is 113 Å². The van der Waals surface area contributed by atoms with Gasteiger partial charge in [-0.25, -0.2) is 4.79 Å². The van der Waals surface area contributed by atoms with E-state index in [-0.39, 0.29) is 30.1 Å². The molecule has 0 aliphatic carbocycles. The second-order valence-corrected chi connectivity index (χ2v) is 12.9. The second-order valence-electron chi connectivity index (χ2n) is 12.9. The van der Waals surface area contributed by atoms with Gasteiger partial charge in [0.2, 0.25) is 0 Å². The van der Waals surface area contributed by atoms with E-state index in [1.54, 1.807) is 6.08 Å². The van der Waals surface area contributed by atoms with Gasteiger partial charge in [0.1, 0.15) is 11.9 Å². The monoisotopic (exact) mass is 594 g/mol. The zero-order chi connectivity index (χ0) is 30.6. The van der Waals surface area contributed by atoms with E-state index in [1.165, 1.54) is 57.8 Å². The van der Waals surface area contributed by atoms with Crippen LogP contribution in [0.4, 0.5) is 0 Å². The normalized spacial score (nSPS) is 22.6. The van der Waals surface area contributed by atoms with E-state index in [4.69, 9.17) is 9.47 Å². The number of cyclic esters (lactones) is 1. The number of hydrogen-bond acceptors (Lipinski definition) is 7. The van der Waals surface area contributed by atoms with Crippen molar-refractivity contribution in [1.82, 2.24) is 0 Å². The lowest BCUT2D eigenvalue weighted by Crippen LogP contribution is -2.31. The largest absolute Gasteiger partial charge is 0.455 e. The van der Waals surface area contributed by atoms with Crippen LogP contribution in [0, 0.1) is 0 Å². The average Bonchev–Trinajstić information content (AvgIpc) is 3.57. The number of rotatable bonds is 26. The zero-order valence-corrected chi connectivity index (χ0v) is 26.8. The molecule has 1 fully saturated rings. The molecule has 0 bridgehead atoms. The molecule has 6 atom stereocenters. The molecule has 0 unspecified atom stereocenters. The summed E-state index contributed by atoms with van der Waals surface area (Å²) in [5.41, 5.74) is 0.571. The van der Waals surface area contributed by atoms with Crippen LogP contribution in [-0.2, 0) is 19.1 Å². The molecule has 2 rings (SSSR count). The summed E-state index contributed by atoms with van der Waals surface area (Å²) in [6, 6.07) is 0. The Labute approximate surface area is 255 Å². The fourth-order valence-electron chi connectivity index (χ4n) is 6.29. The van der Waals surface area contributed by atoms with Gasteiger partial charge in [-0.3, -0.25) is 4.79 Å². The third kappa shape index (κ3) is 16.0. The summed E-state index contributed by atoms with van der Waals surface area (Å²) < 4.78 is 11.1. The van der Waals surface area contributed by atoms with E-state index in [0.717, 1.165) is 51.4 Å². The Hall–Kier alpha value is -1.28. The van der Waals surface area contributed by atoms with Crippen molar-refractivity contribution in [2.45, 2.75) is 198 Å². The first-order valence-electron chi connectivity index (χ1n) is 17.4. The number of hydrogen-bond donors (Lipinski definition) is 3. The summed E-state index contributed by atoms with van der Waals surface area (Å²) in [5.74, 6) is -0.0821. The maximum atomic E-state index is 12.3. The van der Waals surface area contributed by atoms with Crippen molar-refractivity contribution in [3.8, 4) is 0 Å². The third-order valence-corrected chi connectivity index (χ3v) is 8.94. The van der Waals surface area contributed by atoms with Crippen LogP contribution in [0.5, 0.6) is 0 Å². The summed E-state index contributed by atoms with van der Waals surface area (Å²) in [7, 11) is 0. The van der Waals surface area contributed by atoms with Crippen LogP contribution in [0.25, 0.3) is 0 Å². The van der Waals surface area contributed by atoms with Gasteiger partial charge in [-0.15, -0.1) is 0 Å². The van der Waals surface area contributed by atoms with Gasteiger partial charge in [-0.1, -0.05) is 90.4 Å².